The van der Waals surface area contributed by atoms with Crippen molar-refractivity contribution in [3.63, 3.8) is 0 Å². The van der Waals surface area contributed by atoms with Crippen LogP contribution in [0.1, 0.15) is 136 Å². The van der Waals surface area contributed by atoms with Gasteiger partial charge in [0.25, 0.3) is 0 Å². The van der Waals surface area contributed by atoms with Crippen molar-refractivity contribution in [1.29, 1.82) is 0 Å². The van der Waals surface area contributed by atoms with E-state index in [0.29, 0.717) is 0 Å². The van der Waals surface area contributed by atoms with Crippen LogP contribution in [-0.4, -0.2) is 19.6 Å². The highest BCUT2D eigenvalue weighted by Gasteiger charge is 2.11. The molecule has 0 aliphatic heterocycles. The van der Waals surface area contributed by atoms with Crippen molar-refractivity contribution >= 4 is 10.4 Å². The maximum absolute atomic E-state index is 10.9. The first-order chi connectivity index (χ1) is 14.5. The monoisotopic (exact) mass is 446 g/mol. The van der Waals surface area contributed by atoms with Gasteiger partial charge in [0.05, 0.1) is 6.61 Å². The first-order valence-corrected chi connectivity index (χ1v) is 14.1. The Balaban J connectivity index is 3.91. The average molecular weight is 447 g/mol. The minimum atomic E-state index is -4.36. The molecular weight excluding hydrogens is 396 g/mol. The third kappa shape index (κ3) is 23.9. The van der Waals surface area contributed by atoms with Crippen LogP contribution in [0.3, 0.4) is 0 Å². The lowest BCUT2D eigenvalue weighted by Gasteiger charge is -2.12. The molecule has 0 saturated heterocycles. The number of unbranched alkanes of at least 4 members (excludes halogenated alkanes) is 16. The minimum absolute atomic E-state index is 0.0454. The van der Waals surface area contributed by atoms with E-state index in [0.717, 1.165) is 19.3 Å². The molecular formula is C25H50O4S. The highest BCUT2D eigenvalue weighted by molar-refractivity contribution is 7.80. The summed E-state index contributed by atoms with van der Waals surface area (Å²) in [6.07, 6.45) is 28.2. The van der Waals surface area contributed by atoms with Crippen LogP contribution < -0.4 is 0 Å². The summed E-state index contributed by atoms with van der Waals surface area (Å²) in [6.45, 7) is 4.53. The van der Waals surface area contributed by atoms with E-state index < -0.39 is 10.4 Å². The van der Waals surface area contributed by atoms with Gasteiger partial charge in [0, 0.05) is 5.92 Å². The van der Waals surface area contributed by atoms with Crippen molar-refractivity contribution < 1.29 is 17.2 Å². The molecule has 4 nitrogen and oxygen atoms in total. The molecule has 0 aromatic heterocycles. The zero-order valence-electron chi connectivity index (χ0n) is 20.0. The van der Waals surface area contributed by atoms with Gasteiger partial charge in [-0.3, -0.25) is 4.55 Å². The van der Waals surface area contributed by atoms with Crippen molar-refractivity contribution in [3.05, 3.63) is 12.2 Å². The maximum atomic E-state index is 10.9. The summed E-state index contributed by atoms with van der Waals surface area (Å²) < 4.78 is 35.3. The van der Waals surface area contributed by atoms with Crippen LogP contribution in [0.4, 0.5) is 0 Å². The smallest absolute Gasteiger partial charge is 0.264 e. The molecule has 0 saturated carbocycles. The molecule has 0 rings (SSSR count). The Morgan fingerprint density at radius 2 is 1.13 bits per heavy atom. The second-order valence-electron chi connectivity index (χ2n) is 8.78. The lowest BCUT2D eigenvalue weighted by Crippen LogP contribution is -2.12. The fourth-order valence-electron chi connectivity index (χ4n) is 3.81. The Morgan fingerprint density at radius 1 is 0.700 bits per heavy atom. The molecule has 0 aromatic carbocycles. The van der Waals surface area contributed by atoms with E-state index in [2.05, 4.69) is 30.2 Å². The molecule has 0 spiro atoms. The summed E-state index contributed by atoms with van der Waals surface area (Å²) in [4.78, 5) is 0. The molecule has 0 heterocycles. The van der Waals surface area contributed by atoms with E-state index in [9.17, 15) is 8.42 Å². The van der Waals surface area contributed by atoms with Crippen LogP contribution in [0.15, 0.2) is 12.2 Å². The van der Waals surface area contributed by atoms with E-state index in [4.69, 9.17) is 4.55 Å². The zero-order valence-corrected chi connectivity index (χ0v) is 20.8. The predicted molar refractivity (Wildman–Crippen MR) is 129 cm³/mol. The van der Waals surface area contributed by atoms with Gasteiger partial charge in [0.2, 0.25) is 0 Å². The van der Waals surface area contributed by atoms with Crippen LogP contribution in [0.25, 0.3) is 0 Å². The molecule has 0 radical (unpaired) electrons. The van der Waals surface area contributed by atoms with E-state index >= 15 is 0 Å². The van der Waals surface area contributed by atoms with Crippen LogP contribution in [0, 0.1) is 5.92 Å². The highest BCUT2D eigenvalue weighted by Crippen LogP contribution is 2.17. The van der Waals surface area contributed by atoms with Crippen LogP contribution in [0.5, 0.6) is 0 Å². The third-order valence-corrected chi connectivity index (χ3v) is 6.18. The fourth-order valence-corrected chi connectivity index (χ4v) is 4.16. The molecule has 180 valence electrons. The molecule has 1 unspecified atom stereocenters. The summed E-state index contributed by atoms with van der Waals surface area (Å²) in [6, 6.07) is 0. The first kappa shape index (κ1) is 29.6. The Hall–Kier alpha value is -0.390. The molecule has 0 amide bonds. The zero-order chi connectivity index (χ0) is 22.3. The number of hydrogen-bond acceptors (Lipinski definition) is 3. The van der Waals surface area contributed by atoms with Crippen molar-refractivity contribution in [2.45, 2.75) is 136 Å². The lowest BCUT2D eigenvalue weighted by atomic mass is 9.99. The Labute approximate surface area is 188 Å². The Morgan fingerprint density at radius 3 is 1.60 bits per heavy atom. The Bertz CT molecular complexity index is 474. The summed E-state index contributed by atoms with van der Waals surface area (Å²) in [5, 5.41) is 0. The summed E-state index contributed by atoms with van der Waals surface area (Å²) >= 11 is 0. The van der Waals surface area contributed by atoms with Crippen LogP contribution >= 0.6 is 0 Å². The van der Waals surface area contributed by atoms with Gasteiger partial charge in [-0.05, 0) is 19.3 Å². The Kier molecular flexibility index (Phi) is 21.5. The van der Waals surface area contributed by atoms with E-state index in [1.807, 2.05) is 0 Å². The topological polar surface area (TPSA) is 63.6 Å². The van der Waals surface area contributed by atoms with E-state index in [1.54, 1.807) is 0 Å². The molecule has 5 heteroatoms. The van der Waals surface area contributed by atoms with Crippen LogP contribution in [0.2, 0.25) is 0 Å². The summed E-state index contributed by atoms with van der Waals surface area (Å²) in [5.74, 6) is 0.0607. The number of hydrogen-bond donors (Lipinski definition) is 1. The van der Waals surface area contributed by atoms with Gasteiger partial charge >= 0.3 is 10.4 Å². The maximum Gasteiger partial charge on any atom is 0.397 e. The van der Waals surface area contributed by atoms with Gasteiger partial charge < -0.3 is 0 Å². The van der Waals surface area contributed by atoms with Crippen molar-refractivity contribution in [3.8, 4) is 0 Å². The largest absolute Gasteiger partial charge is 0.397 e. The molecule has 30 heavy (non-hydrogen) atoms. The van der Waals surface area contributed by atoms with Crippen molar-refractivity contribution in [2.24, 2.45) is 5.92 Å². The molecule has 0 aliphatic rings. The van der Waals surface area contributed by atoms with Crippen molar-refractivity contribution in [1.82, 2.24) is 0 Å². The fraction of sp³-hybridized carbons (Fsp3) is 0.920. The summed E-state index contributed by atoms with van der Waals surface area (Å²) in [5.41, 5.74) is 0. The summed E-state index contributed by atoms with van der Waals surface area (Å²) in [7, 11) is -4.36. The minimum Gasteiger partial charge on any atom is -0.264 e. The average Bonchev–Trinajstić information content (AvgIpc) is 2.70. The van der Waals surface area contributed by atoms with Gasteiger partial charge in [-0.25, -0.2) is 4.18 Å². The highest BCUT2D eigenvalue weighted by atomic mass is 32.3. The van der Waals surface area contributed by atoms with Gasteiger partial charge in [-0.2, -0.15) is 8.42 Å². The standard InChI is InChI=1S/C25H50O4S/c1-3-5-7-9-11-13-15-17-19-21-23-25(24-29-30(26,27)28)22-20-18-16-14-12-10-8-6-4-2/h20,22,25H,3-19,21,23-24H2,1-2H3,(H,26,27,28)/b22-20+. The third-order valence-electron chi connectivity index (χ3n) is 5.74. The first-order valence-electron chi connectivity index (χ1n) is 12.8. The second-order valence-corrected chi connectivity index (χ2v) is 9.87. The molecule has 0 aliphatic carbocycles. The second kappa shape index (κ2) is 21.8. The molecule has 0 aromatic rings. The number of allylic oxidation sites excluding steroid dienone is 1. The SMILES string of the molecule is CCCCCCCCC/C=C/C(CCCCCCCCCCCC)COS(=O)(=O)O. The van der Waals surface area contributed by atoms with Gasteiger partial charge in [0.1, 0.15) is 0 Å². The molecule has 0 fully saturated rings. The number of rotatable bonds is 23. The lowest BCUT2D eigenvalue weighted by molar-refractivity contribution is 0.234. The molecule has 1 N–H and O–H groups in total. The van der Waals surface area contributed by atoms with E-state index in [1.165, 1.54) is 103 Å². The van der Waals surface area contributed by atoms with Gasteiger partial charge in [0.15, 0.2) is 0 Å². The van der Waals surface area contributed by atoms with Crippen molar-refractivity contribution in [2.75, 3.05) is 6.61 Å². The quantitative estimate of drug-likeness (QED) is 0.0971. The van der Waals surface area contributed by atoms with Gasteiger partial charge in [-0.15, -0.1) is 0 Å². The van der Waals surface area contributed by atoms with Gasteiger partial charge in [-0.1, -0.05) is 129 Å². The molecule has 0 bridgehead atoms. The normalized spacial score (nSPS) is 13.3. The van der Waals surface area contributed by atoms with E-state index in [-0.39, 0.29) is 12.5 Å². The van der Waals surface area contributed by atoms with Crippen LogP contribution in [-0.2, 0) is 14.6 Å². The predicted octanol–water partition coefficient (Wildman–Crippen LogP) is 8.43. The molecule has 1 atom stereocenters.